The number of hydrogen-bond acceptors (Lipinski definition) is 8. The SMILES string of the molecule is CCOc1ccc(-c2nnc(SCC(=O)Nc3sc(CC)cc3C(=O)OC)n2C)cc1. The lowest BCUT2D eigenvalue weighted by molar-refractivity contribution is -0.113. The number of carbonyl (C=O) groups excluding carboxylic acids is 2. The second kappa shape index (κ2) is 10.5. The molecule has 3 aromatic rings. The smallest absolute Gasteiger partial charge is 0.340 e. The highest BCUT2D eigenvalue weighted by Gasteiger charge is 2.19. The highest BCUT2D eigenvalue weighted by atomic mass is 32.2. The van der Waals surface area contributed by atoms with Crippen LogP contribution in [0.2, 0.25) is 0 Å². The number of thiophene rings is 1. The van der Waals surface area contributed by atoms with Gasteiger partial charge in [-0.25, -0.2) is 4.79 Å². The maximum Gasteiger partial charge on any atom is 0.340 e. The van der Waals surface area contributed by atoms with Crippen molar-refractivity contribution >= 4 is 40.0 Å². The lowest BCUT2D eigenvalue weighted by Crippen LogP contribution is -2.16. The summed E-state index contributed by atoms with van der Waals surface area (Å²) in [5, 5.41) is 12.4. The summed E-state index contributed by atoms with van der Waals surface area (Å²) in [6, 6.07) is 9.38. The lowest BCUT2D eigenvalue weighted by atomic mass is 10.2. The molecule has 0 saturated carbocycles. The number of nitrogens with one attached hydrogen (secondary N) is 1. The van der Waals surface area contributed by atoms with E-state index in [9.17, 15) is 9.59 Å². The Morgan fingerprint density at radius 3 is 2.58 bits per heavy atom. The third kappa shape index (κ3) is 5.45. The highest BCUT2D eigenvalue weighted by molar-refractivity contribution is 7.99. The van der Waals surface area contributed by atoms with Gasteiger partial charge in [-0.1, -0.05) is 18.7 Å². The van der Waals surface area contributed by atoms with Crippen LogP contribution in [-0.4, -0.2) is 46.1 Å². The first-order valence-electron chi connectivity index (χ1n) is 9.73. The number of anilines is 1. The average Bonchev–Trinajstić information content (AvgIpc) is 3.35. The van der Waals surface area contributed by atoms with E-state index in [1.165, 1.54) is 30.2 Å². The van der Waals surface area contributed by atoms with Gasteiger partial charge in [0.15, 0.2) is 11.0 Å². The van der Waals surface area contributed by atoms with Crippen molar-refractivity contribution in [3.05, 3.63) is 40.8 Å². The average molecular weight is 461 g/mol. The summed E-state index contributed by atoms with van der Waals surface area (Å²) in [4.78, 5) is 25.4. The Labute approximate surface area is 189 Å². The van der Waals surface area contributed by atoms with E-state index in [0.717, 1.165) is 22.6 Å². The molecular weight excluding hydrogens is 436 g/mol. The number of amides is 1. The molecule has 0 saturated heterocycles. The second-order valence-electron chi connectivity index (χ2n) is 6.46. The summed E-state index contributed by atoms with van der Waals surface area (Å²) in [5.41, 5.74) is 1.28. The summed E-state index contributed by atoms with van der Waals surface area (Å²) in [6.45, 7) is 4.54. The largest absolute Gasteiger partial charge is 0.494 e. The fourth-order valence-corrected chi connectivity index (χ4v) is 4.53. The van der Waals surface area contributed by atoms with Gasteiger partial charge in [0.1, 0.15) is 10.8 Å². The van der Waals surface area contributed by atoms with Gasteiger partial charge >= 0.3 is 5.97 Å². The Balaban J connectivity index is 1.65. The van der Waals surface area contributed by atoms with Crippen molar-refractivity contribution in [3.8, 4) is 17.1 Å². The molecule has 0 aliphatic rings. The molecule has 1 N–H and O–H groups in total. The van der Waals surface area contributed by atoms with Gasteiger partial charge in [-0.3, -0.25) is 4.79 Å². The number of hydrogen-bond donors (Lipinski definition) is 1. The molecule has 0 spiro atoms. The predicted molar refractivity (Wildman–Crippen MR) is 122 cm³/mol. The fraction of sp³-hybridized carbons (Fsp3) is 0.333. The first-order valence-corrected chi connectivity index (χ1v) is 11.5. The zero-order chi connectivity index (χ0) is 22.4. The van der Waals surface area contributed by atoms with Gasteiger partial charge in [-0.05, 0) is 43.7 Å². The minimum Gasteiger partial charge on any atom is -0.494 e. The van der Waals surface area contributed by atoms with Crippen LogP contribution in [-0.2, 0) is 23.0 Å². The van der Waals surface area contributed by atoms with Crippen LogP contribution < -0.4 is 10.1 Å². The van der Waals surface area contributed by atoms with Crippen molar-refractivity contribution < 1.29 is 19.1 Å². The van der Waals surface area contributed by atoms with Crippen LogP contribution in [0.4, 0.5) is 5.00 Å². The number of esters is 1. The van der Waals surface area contributed by atoms with E-state index in [-0.39, 0.29) is 11.7 Å². The third-order valence-electron chi connectivity index (χ3n) is 4.38. The van der Waals surface area contributed by atoms with Crippen LogP contribution in [0.1, 0.15) is 29.1 Å². The molecule has 2 aromatic heterocycles. The molecule has 0 radical (unpaired) electrons. The monoisotopic (exact) mass is 460 g/mol. The summed E-state index contributed by atoms with van der Waals surface area (Å²) in [6.07, 6.45) is 0.770. The summed E-state index contributed by atoms with van der Waals surface area (Å²) in [7, 11) is 3.18. The van der Waals surface area contributed by atoms with Gasteiger partial charge in [0, 0.05) is 17.5 Å². The van der Waals surface area contributed by atoms with E-state index < -0.39 is 5.97 Å². The number of thioether (sulfide) groups is 1. The summed E-state index contributed by atoms with van der Waals surface area (Å²) in [5.74, 6) is 0.933. The van der Waals surface area contributed by atoms with Crippen LogP contribution in [0.25, 0.3) is 11.4 Å². The Morgan fingerprint density at radius 1 is 1.19 bits per heavy atom. The van der Waals surface area contributed by atoms with Gasteiger partial charge in [-0.15, -0.1) is 21.5 Å². The van der Waals surface area contributed by atoms with E-state index in [1.807, 2.05) is 49.7 Å². The normalized spacial score (nSPS) is 10.7. The van der Waals surface area contributed by atoms with Gasteiger partial charge in [-0.2, -0.15) is 0 Å². The van der Waals surface area contributed by atoms with Crippen molar-refractivity contribution in [1.82, 2.24) is 14.8 Å². The zero-order valence-electron chi connectivity index (χ0n) is 17.8. The standard InChI is InChI=1S/C21H24N4O4S2/c1-5-15-11-16(20(27)28-4)19(31-15)22-17(26)12-30-21-24-23-18(25(21)3)13-7-9-14(10-8-13)29-6-2/h7-11H,5-6,12H2,1-4H3,(H,22,26). The number of rotatable bonds is 9. The number of carbonyl (C=O) groups is 2. The molecule has 3 rings (SSSR count). The van der Waals surface area contributed by atoms with Crippen molar-refractivity contribution in [3.63, 3.8) is 0 Å². The Kier molecular flexibility index (Phi) is 7.69. The van der Waals surface area contributed by atoms with Crippen molar-refractivity contribution in [2.75, 3.05) is 24.8 Å². The van der Waals surface area contributed by atoms with Crippen molar-refractivity contribution in [2.45, 2.75) is 25.4 Å². The minimum absolute atomic E-state index is 0.134. The molecule has 2 heterocycles. The number of methoxy groups -OCH3 is 1. The number of nitrogens with zero attached hydrogens (tertiary/aromatic N) is 3. The zero-order valence-corrected chi connectivity index (χ0v) is 19.4. The molecule has 1 aromatic carbocycles. The predicted octanol–water partition coefficient (Wildman–Crippen LogP) is 4.02. The molecular formula is C21H24N4O4S2. The second-order valence-corrected chi connectivity index (χ2v) is 8.54. The van der Waals surface area contributed by atoms with Gasteiger partial charge in [0.25, 0.3) is 0 Å². The lowest BCUT2D eigenvalue weighted by Gasteiger charge is -2.07. The minimum atomic E-state index is -0.466. The molecule has 0 bridgehead atoms. The van der Waals surface area contributed by atoms with Crippen molar-refractivity contribution in [2.24, 2.45) is 7.05 Å². The molecule has 0 atom stereocenters. The fourth-order valence-electron chi connectivity index (χ4n) is 2.82. The third-order valence-corrected chi connectivity index (χ3v) is 6.60. The maximum absolute atomic E-state index is 12.5. The quantitative estimate of drug-likeness (QED) is 0.381. The van der Waals surface area contributed by atoms with Crippen LogP contribution >= 0.6 is 23.1 Å². The molecule has 1 amide bonds. The summed E-state index contributed by atoms with van der Waals surface area (Å²) < 4.78 is 12.1. The molecule has 0 aliphatic carbocycles. The summed E-state index contributed by atoms with van der Waals surface area (Å²) >= 11 is 2.65. The van der Waals surface area contributed by atoms with Crippen LogP contribution in [0.5, 0.6) is 5.75 Å². The van der Waals surface area contributed by atoms with Crippen LogP contribution in [0, 0.1) is 0 Å². The van der Waals surface area contributed by atoms with E-state index >= 15 is 0 Å². The Morgan fingerprint density at radius 2 is 1.94 bits per heavy atom. The maximum atomic E-state index is 12.5. The number of aryl methyl sites for hydroxylation is 1. The van der Waals surface area contributed by atoms with Gasteiger partial charge < -0.3 is 19.4 Å². The van der Waals surface area contributed by atoms with E-state index in [1.54, 1.807) is 6.07 Å². The first kappa shape index (κ1) is 22.8. The molecule has 0 fully saturated rings. The number of ether oxygens (including phenoxy) is 2. The topological polar surface area (TPSA) is 95.3 Å². The van der Waals surface area contributed by atoms with Crippen LogP contribution in [0.3, 0.4) is 0 Å². The van der Waals surface area contributed by atoms with Gasteiger partial charge in [0.05, 0.1) is 25.0 Å². The first-order chi connectivity index (χ1) is 15.0. The highest BCUT2D eigenvalue weighted by Crippen LogP contribution is 2.30. The number of aromatic nitrogens is 3. The van der Waals surface area contributed by atoms with Gasteiger partial charge in [0.2, 0.25) is 5.91 Å². The van der Waals surface area contributed by atoms with E-state index in [2.05, 4.69) is 15.5 Å². The Bertz CT molecular complexity index is 1060. The molecule has 0 unspecified atom stereocenters. The molecule has 10 heteroatoms. The molecule has 31 heavy (non-hydrogen) atoms. The van der Waals surface area contributed by atoms with E-state index in [4.69, 9.17) is 9.47 Å². The van der Waals surface area contributed by atoms with Crippen LogP contribution in [0.15, 0.2) is 35.5 Å². The molecule has 0 aliphatic heterocycles. The number of benzene rings is 1. The Hall–Kier alpha value is -2.85. The van der Waals surface area contributed by atoms with E-state index in [0.29, 0.717) is 28.2 Å². The molecule has 164 valence electrons. The van der Waals surface area contributed by atoms with Crippen molar-refractivity contribution in [1.29, 1.82) is 0 Å². The molecule has 8 nitrogen and oxygen atoms in total.